The van der Waals surface area contributed by atoms with Crippen LogP contribution in [0.3, 0.4) is 0 Å². The Morgan fingerprint density at radius 2 is 2.36 bits per heavy atom. The van der Waals surface area contributed by atoms with E-state index in [0.717, 1.165) is 13.0 Å². The summed E-state index contributed by atoms with van der Waals surface area (Å²) >= 11 is 0. The van der Waals surface area contributed by atoms with Crippen LogP contribution >= 0.6 is 0 Å². The summed E-state index contributed by atoms with van der Waals surface area (Å²) in [6.45, 7) is 5.03. The summed E-state index contributed by atoms with van der Waals surface area (Å²) in [6, 6.07) is 0.989. The highest BCUT2D eigenvalue weighted by Crippen LogP contribution is 2.02. The van der Waals surface area contributed by atoms with Crippen molar-refractivity contribution < 1.29 is 4.79 Å². The Hall–Kier alpha value is -0.570. The third kappa shape index (κ3) is 2.89. The molecule has 0 radical (unpaired) electrons. The molecular formula is C8H16N2O. The number of hydrogen-bond donors (Lipinski definition) is 2. The summed E-state index contributed by atoms with van der Waals surface area (Å²) in [4.78, 5) is 10.8. The molecule has 1 aliphatic rings. The average Bonchev–Trinajstić information content (AvgIpc) is 1.93. The summed E-state index contributed by atoms with van der Waals surface area (Å²) in [6.07, 6.45) is 1.65. The van der Waals surface area contributed by atoms with Crippen molar-refractivity contribution in [3.05, 3.63) is 0 Å². The van der Waals surface area contributed by atoms with Crippen molar-refractivity contribution >= 4 is 5.91 Å². The first-order chi connectivity index (χ1) is 5.18. The van der Waals surface area contributed by atoms with Crippen LogP contribution in [-0.4, -0.2) is 24.5 Å². The number of rotatable bonds is 2. The van der Waals surface area contributed by atoms with Gasteiger partial charge in [0.25, 0.3) is 0 Å². The molecule has 0 bridgehead atoms. The van der Waals surface area contributed by atoms with E-state index in [4.69, 9.17) is 0 Å². The smallest absolute Gasteiger partial charge is 0.220 e. The van der Waals surface area contributed by atoms with Crippen molar-refractivity contribution in [3.63, 3.8) is 0 Å². The van der Waals surface area contributed by atoms with Crippen molar-refractivity contribution in [2.75, 3.05) is 6.54 Å². The molecule has 1 aliphatic heterocycles. The molecule has 0 spiro atoms. The molecule has 1 amide bonds. The van der Waals surface area contributed by atoms with Gasteiger partial charge in [-0.3, -0.25) is 4.79 Å². The second-order valence-corrected chi connectivity index (χ2v) is 3.36. The first kappa shape index (κ1) is 8.53. The number of carbonyl (C=O) groups is 1. The highest BCUT2D eigenvalue weighted by Gasteiger charge is 2.17. The Morgan fingerprint density at radius 1 is 1.64 bits per heavy atom. The molecule has 64 valence electrons. The van der Waals surface area contributed by atoms with Crippen LogP contribution in [0.2, 0.25) is 0 Å². The molecule has 2 N–H and O–H groups in total. The molecule has 0 aromatic heterocycles. The summed E-state index contributed by atoms with van der Waals surface area (Å²) in [5, 5.41) is 6.22. The monoisotopic (exact) mass is 156 g/mol. The normalized spacial score (nSPS) is 25.4. The van der Waals surface area contributed by atoms with E-state index in [-0.39, 0.29) is 5.91 Å². The molecule has 1 atom stereocenters. The molecule has 1 heterocycles. The molecular weight excluding hydrogens is 140 g/mol. The summed E-state index contributed by atoms with van der Waals surface area (Å²) in [5.41, 5.74) is 0. The van der Waals surface area contributed by atoms with Gasteiger partial charge in [0.15, 0.2) is 0 Å². The Morgan fingerprint density at radius 3 is 2.82 bits per heavy atom. The van der Waals surface area contributed by atoms with Crippen LogP contribution in [0.25, 0.3) is 0 Å². The zero-order valence-corrected chi connectivity index (χ0v) is 7.18. The van der Waals surface area contributed by atoms with E-state index in [1.807, 2.05) is 0 Å². The van der Waals surface area contributed by atoms with Crippen molar-refractivity contribution in [1.82, 2.24) is 10.6 Å². The predicted molar refractivity (Wildman–Crippen MR) is 44.3 cm³/mol. The Kier molecular flexibility index (Phi) is 2.88. The maximum absolute atomic E-state index is 10.8. The second kappa shape index (κ2) is 3.72. The topological polar surface area (TPSA) is 41.1 Å². The fourth-order valence-electron chi connectivity index (χ4n) is 1.35. The number of nitrogens with one attached hydrogen (secondary N) is 2. The van der Waals surface area contributed by atoms with Gasteiger partial charge in [0, 0.05) is 25.0 Å². The molecule has 0 saturated carbocycles. The van der Waals surface area contributed by atoms with Gasteiger partial charge < -0.3 is 10.6 Å². The first-order valence-corrected chi connectivity index (χ1v) is 4.21. The fraction of sp³-hybridized carbons (Fsp3) is 0.875. The molecule has 11 heavy (non-hydrogen) atoms. The molecule has 0 aromatic carbocycles. The Balaban J connectivity index is 2.22. The first-order valence-electron chi connectivity index (χ1n) is 4.21. The molecule has 1 fully saturated rings. The number of hydrogen-bond acceptors (Lipinski definition) is 2. The second-order valence-electron chi connectivity index (χ2n) is 3.36. The van der Waals surface area contributed by atoms with Gasteiger partial charge >= 0.3 is 0 Å². The lowest BCUT2D eigenvalue weighted by Crippen LogP contribution is -2.47. The highest BCUT2D eigenvalue weighted by atomic mass is 16.1. The van der Waals surface area contributed by atoms with Crippen molar-refractivity contribution in [2.24, 2.45) is 0 Å². The Labute approximate surface area is 67.5 Å². The number of piperidine rings is 1. The zero-order valence-electron chi connectivity index (χ0n) is 7.18. The van der Waals surface area contributed by atoms with Gasteiger partial charge in [-0.2, -0.15) is 0 Å². The molecule has 1 unspecified atom stereocenters. The van der Waals surface area contributed by atoms with Crippen LogP contribution in [0.4, 0.5) is 0 Å². The van der Waals surface area contributed by atoms with Gasteiger partial charge in [0.05, 0.1) is 0 Å². The minimum atomic E-state index is 0.187. The van der Waals surface area contributed by atoms with Crippen LogP contribution in [0.5, 0.6) is 0 Å². The van der Waals surface area contributed by atoms with Gasteiger partial charge in [-0.1, -0.05) is 13.8 Å². The fourth-order valence-corrected chi connectivity index (χ4v) is 1.35. The summed E-state index contributed by atoms with van der Waals surface area (Å²) in [7, 11) is 0. The standard InChI is InChI=1S/C8H16N2O/c1-6(2)10-7-3-4-8(11)9-5-7/h6-7,10H,3-5H2,1-2H3,(H,9,11). The molecule has 3 heteroatoms. The summed E-state index contributed by atoms with van der Waals surface area (Å²) < 4.78 is 0. The minimum absolute atomic E-state index is 0.187. The van der Waals surface area contributed by atoms with Crippen LogP contribution in [-0.2, 0) is 4.79 Å². The SMILES string of the molecule is CC(C)NC1CCC(=O)NC1. The molecule has 1 rings (SSSR count). The molecule has 1 saturated heterocycles. The van der Waals surface area contributed by atoms with E-state index in [0.29, 0.717) is 18.5 Å². The van der Waals surface area contributed by atoms with Crippen LogP contribution < -0.4 is 10.6 Å². The average molecular weight is 156 g/mol. The zero-order chi connectivity index (χ0) is 8.27. The van der Waals surface area contributed by atoms with Gasteiger partial charge in [-0.05, 0) is 6.42 Å². The van der Waals surface area contributed by atoms with Crippen molar-refractivity contribution in [3.8, 4) is 0 Å². The van der Waals surface area contributed by atoms with E-state index < -0.39 is 0 Å². The maximum atomic E-state index is 10.8. The van der Waals surface area contributed by atoms with Crippen molar-refractivity contribution in [1.29, 1.82) is 0 Å². The van der Waals surface area contributed by atoms with E-state index in [1.54, 1.807) is 0 Å². The lowest BCUT2D eigenvalue weighted by atomic mass is 10.1. The predicted octanol–water partition coefficient (Wildman–Crippen LogP) is 0.263. The van der Waals surface area contributed by atoms with Crippen LogP contribution in [0, 0.1) is 0 Å². The van der Waals surface area contributed by atoms with E-state index >= 15 is 0 Å². The minimum Gasteiger partial charge on any atom is -0.355 e. The van der Waals surface area contributed by atoms with E-state index in [1.165, 1.54) is 0 Å². The van der Waals surface area contributed by atoms with Gasteiger partial charge in [0.1, 0.15) is 0 Å². The van der Waals surface area contributed by atoms with E-state index in [2.05, 4.69) is 24.5 Å². The van der Waals surface area contributed by atoms with Gasteiger partial charge in [0.2, 0.25) is 5.91 Å². The van der Waals surface area contributed by atoms with Gasteiger partial charge in [-0.25, -0.2) is 0 Å². The number of amides is 1. The third-order valence-electron chi connectivity index (χ3n) is 1.83. The lowest BCUT2D eigenvalue weighted by molar-refractivity contribution is -0.122. The third-order valence-corrected chi connectivity index (χ3v) is 1.83. The number of carbonyl (C=O) groups excluding carboxylic acids is 1. The molecule has 3 nitrogen and oxygen atoms in total. The van der Waals surface area contributed by atoms with Crippen LogP contribution in [0.15, 0.2) is 0 Å². The van der Waals surface area contributed by atoms with Crippen molar-refractivity contribution in [2.45, 2.75) is 38.8 Å². The largest absolute Gasteiger partial charge is 0.355 e. The lowest BCUT2D eigenvalue weighted by Gasteiger charge is -2.25. The maximum Gasteiger partial charge on any atom is 0.220 e. The van der Waals surface area contributed by atoms with Crippen LogP contribution in [0.1, 0.15) is 26.7 Å². The quantitative estimate of drug-likeness (QED) is 0.602. The molecule has 0 aromatic rings. The summed E-state index contributed by atoms with van der Waals surface area (Å²) in [5.74, 6) is 0.187. The molecule has 0 aliphatic carbocycles. The van der Waals surface area contributed by atoms with Gasteiger partial charge in [-0.15, -0.1) is 0 Å². The highest BCUT2D eigenvalue weighted by molar-refractivity contribution is 5.76. The van der Waals surface area contributed by atoms with E-state index in [9.17, 15) is 4.79 Å². The Bertz CT molecular complexity index is 135.